The van der Waals surface area contributed by atoms with Gasteiger partial charge in [0.05, 0.1) is 11.7 Å². The second kappa shape index (κ2) is 5.14. The van der Waals surface area contributed by atoms with Crippen molar-refractivity contribution in [1.29, 1.82) is 5.26 Å². The van der Waals surface area contributed by atoms with Crippen LogP contribution in [0.5, 0.6) is 0 Å². The highest BCUT2D eigenvalue weighted by atomic mass is 16.3. The third kappa shape index (κ3) is 1.94. The fourth-order valence-electron chi connectivity index (χ4n) is 4.87. The van der Waals surface area contributed by atoms with Gasteiger partial charge in [-0.3, -0.25) is 0 Å². The highest BCUT2D eigenvalue weighted by molar-refractivity contribution is 5.48. The van der Waals surface area contributed by atoms with Gasteiger partial charge in [-0.25, -0.2) is 0 Å². The molecule has 1 saturated carbocycles. The van der Waals surface area contributed by atoms with E-state index in [-0.39, 0.29) is 5.92 Å². The second-order valence-corrected chi connectivity index (χ2v) is 7.19. The lowest BCUT2D eigenvalue weighted by molar-refractivity contribution is -0.108. The summed E-state index contributed by atoms with van der Waals surface area (Å²) >= 11 is 0. The van der Waals surface area contributed by atoms with Crippen LogP contribution in [0.3, 0.4) is 0 Å². The molecular formula is C19H25NO. The van der Waals surface area contributed by atoms with Crippen LogP contribution in [-0.4, -0.2) is 10.7 Å². The van der Waals surface area contributed by atoms with Crippen LogP contribution in [0.2, 0.25) is 0 Å². The second-order valence-electron chi connectivity index (χ2n) is 7.19. The average Bonchev–Trinajstić information content (AvgIpc) is 2.88. The Bertz CT molecular complexity index is 573. The molecule has 1 fully saturated rings. The lowest BCUT2D eigenvalue weighted by Crippen LogP contribution is -2.57. The van der Waals surface area contributed by atoms with E-state index in [4.69, 9.17) is 0 Å². The van der Waals surface area contributed by atoms with Crippen molar-refractivity contribution < 1.29 is 5.11 Å². The van der Waals surface area contributed by atoms with Gasteiger partial charge in [-0.15, -0.1) is 0 Å². The minimum atomic E-state index is -0.874. The molecule has 2 aliphatic carbocycles. The summed E-state index contributed by atoms with van der Waals surface area (Å²) in [7, 11) is 0. The van der Waals surface area contributed by atoms with Crippen LogP contribution in [0, 0.1) is 23.2 Å². The summed E-state index contributed by atoms with van der Waals surface area (Å²) < 4.78 is 0. The normalized spacial score (nSPS) is 35.5. The predicted molar refractivity (Wildman–Crippen MR) is 83.8 cm³/mol. The third-order valence-corrected chi connectivity index (χ3v) is 5.92. The summed E-state index contributed by atoms with van der Waals surface area (Å²) in [4.78, 5) is 0. The predicted octanol–water partition coefficient (Wildman–Crippen LogP) is 3.97. The van der Waals surface area contributed by atoms with Crippen molar-refractivity contribution in [2.75, 3.05) is 0 Å². The number of aryl methyl sites for hydroxylation is 1. The van der Waals surface area contributed by atoms with E-state index in [2.05, 4.69) is 32.0 Å². The van der Waals surface area contributed by atoms with Crippen molar-refractivity contribution in [2.24, 2.45) is 11.8 Å². The van der Waals surface area contributed by atoms with Crippen LogP contribution in [0.1, 0.15) is 57.1 Å². The fraction of sp³-hybridized carbons (Fsp3) is 0.632. The molecule has 3 unspecified atom stereocenters. The van der Waals surface area contributed by atoms with Crippen LogP contribution in [0.4, 0.5) is 0 Å². The molecule has 1 N–H and O–H groups in total. The molecule has 0 aromatic heterocycles. The Morgan fingerprint density at radius 2 is 2.00 bits per heavy atom. The molecule has 2 aliphatic rings. The zero-order chi connectivity index (χ0) is 15.1. The molecule has 0 saturated heterocycles. The Labute approximate surface area is 127 Å². The molecule has 0 radical (unpaired) electrons. The summed E-state index contributed by atoms with van der Waals surface area (Å²) in [6.07, 6.45) is 5.69. The van der Waals surface area contributed by atoms with Gasteiger partial charge in [0.25, 0.3) is 0 Å². The molecule has 1 aromatic rings. The molecule has 3 atom stereocenters. The van der Waals surface area contributed by atoms with Gasteiger partial charge in [0.1, 0.15) is 5.41 Å². The maximum Gasteiger partial charge on any atom is 0.112 e. The number of hydrogen-bond acceptors (Lipinski definition) is 2. The molecule has 0 amide bonds. The largest absolute Gasteiger partial charge is 0.388 e. The fourth-order valence-corrected chi connectivity index (χ4v) is 4.87. The number of aliphatic hydroxyl groups is 1. The van der Waals surface area contributed by atoms with Gasteiger partial charge in [-0.2, -0.15) is 5.26 Å². The molecule has 21 heavy (non-hydrogen) atoms. The summed E-state index contributed by atoms with van der Waals surface area (Å²) in [5, 5.41) is 21.7. The minimum Gasteiger partial charge on any atom is -0.388 e. The van der Waals surface area contributed by atoms with Crippen molar-refractivity contribution in [1.82, 2.24) is 0 Å². The van der Waals surface area contributed by atoms with Crippen molar-refractivity contribution in [3.63, 3.8) is 0 Å². The van der Waals surface area contributed by atoms with E-state index in [1.807, 2.05) is 12.1 Å². The maximum absolute atomic E-state index is 11.7. The Morgan fingerprint density at radius 3 is 2.71 bits per heavy atom. The number of nitriles is 1. The van der Waals surface area contributed by atoms with Gasteiger partial charge in [0.2, 0.25) is 0 Å². The Hall–Kier alpha value is -1.33. The first-order valence-corrected chi connectivity index (χ1v) is 8.27. The molecule has 0 heterocycles. The van der Waals surface area contributed by atoms with Crippen LogP contribution in [0.25, 0.3) is 0 Å². The summed E-state index contributed by atoms with van der Waals surface area (Å²) in [6, 6.07) is 10.8. The molecule has 112 valence electrons. The van der Waals surface area contributed by atoms with Gasteiger partial charge in [-0.05, 0) is 48.6 Å². The summed E-state index contributed by atoms with van der Waals surface area (Å²) in [5.74, 6) is 0.630. The van der Waals surface area contributed by atoms with E-state index in [1.54, 1.807) is 0 Å². The Balaban J connectivity index is 2.13. The minimum absolute atomic E-state index is 0.219. The van der Waals surface area contributed by atoms with Crippen LogP contribution in [0.15, 0.2) is 24.3 Å². The van der Waals surface area contributed by atoms with Crippen LogP contribution < -0.4 is 0 Å². The van der Waals surface area contributed by atoms with Crippen LogP contribution in [-0.2, 0) is 11.8 Å². The monoisotopic (exact) mass is 283 g/mol. The molecule has 0 aliphatic heterocycles. The number of nitrogens with zero attached hydrogens (tertiary/aromatic N) is 1. The number of rotatable bonds is 2. The van der Waals surface area contributed by atoms with E-state index >= 15 is 0 Å². The molecule has 2 heteroatoms. The Kier molecular flexibility index (Phi) is 3.58. The number of fused-ring (bicyclic) bond motifs is 1. The van der Waals surface area contributed by atoms with Crippen LogP contribution >= 0.6 is 0 Å². The zero-order valence-electron chi connectivity index (χ0n) is 13.1. The first kappa shape index (κ1) is 14.6. The zero-order valence-corrected chi connectivity index (χ0v) is 13.1. The van der Waals surface area contributed by atoms with E-state index in [0.29, 0.717) is 5.92 Å². The standard InChI is InChI=1S/C19H25NO/c1-14(2)16-8-5-6-11-19(16,21)18(13-20)12-10-15-7-3-4-9-17(15)18/h3-4,7,9,14,16,21H,5-6,8,10-12H2,1-2H3. The van der Waals surface area contributed by atoms with E-state index < -0.39 is 11.0 Å². The first-order valence-electron chi connectivity index (χ1n) is 8.27. The van der Waals surface area contributed by atoms with Crippen molar-refractivity contribution >= 4 is 0 Å². The van der Waals surface area contributed by atoms with Gasteiger partial charge in [0.15, 0.2) is 0 Å². The van der Waals surface area contributed by atoms with Gasteiger partial charge < -0.3 is 5.11 Å². The smallest absolute Gasteiger partial charge is 0.112 e. The molecule has 0 spiro atoms. The number of hydrogen-bond donors (Lipinski definition) is 1. The van der Waals surface area contributed by atoms with Crippen molar-refractivity contribution in [3.05, 3.63) is 35.4 Å². The third-order valence-electron chi connectivity index (χ3n) is 5.92. The van der Waals surface area contributed by atoms with Gasteiger partial charge >= 0.3 is 0 Å². The SMILES string of the molecule is CC(C)C1CCCCC1(O)C1(C#N)CCc2ccccc21. The van der Waals surface area contributed by atoms with Crippen molar-refractivity contribution in [2.45, 2.75) is 63.4 Å². The quantitative estimate of drug-likeness (QED) is 0.892. The Morgan fingerprint density at radius 1 is 1.24 bits per heavy atom. The van der Waals surface area contributed by atoms with Gasteiger partial charge in [0, 0.05) is 0 Å². The maximum atomic E-state index is 11.7. The highest BCUT2D eigenvalue weighted by Crippen LogP contribution is 2.55. The lowest BCUT2D eigenvalue weighted by Gasteiger charge is -2.50. The molecule has 3 rings (SSSR count). The molecule has 0 bridgehead atoms. The molecule has 2 nitrogen and oxygen atoms in total. The van der Waals surface area contributed by atoms with E-state index in [1.165, 1.54) is 12.0 Å². The van der Waals surface area contributed by atoms with Crippen molar-refractivity contribution in [3.8, 4) is 6.07 Å². The lowest BCUT2D eigenvalue weighted by atomic mass is 9.56. The van der Waals surface area contributed by atoms with E-state index in [9.17, 15) is 10.4 Å². The average molecular weight is 283 g/mol. The van der Waals surface area contributed by atoms with Gasteiger partial charge in [-0.1, -0.05) is 51.0 Å². The molecular weight excluding hydrogens is 258 g/mol. The first-order chi connectivity index (χ1) is 10.0. The topological polar surface area (TPSA) is 44.0 Å². The summed E-state index contributed by atoms with van der Waals surface area (Å²) in [6.45, 7) is 4.37. The molecule has 1 aromatic carbocycles. The summed E-state index contributed by atoms with van der Waals surface area (Å²) in [5.41, 5.74) is 0.753. The number of benzene rings is 1. The van der Waals surface area contributed by atoms with E-state index in [0.717, 1.165) is 37.7 Å². The highest BCUT2D eigenvalue weighted by Gasteiger charge is 2.59.